The van der Waals surface area contributed by atoms with Crippen LogP contribution in [0.4, 0.5) is 0 Å². The number of quaternary nitrogens is 1. The van der Waals surface area contributed by atoms with Crippen molar-refractivity contribution in [1.29, 1.82) is 0 Å². The van der Waals surface area contributed by atoms with Crippen molar-refractivity contribution in [3.63, 3.8) is 0 Å². The van der Waals surface area contributed by atoms with E-state index in [1.54, 1.807) is 0 Å². The minimum Gasteiger partial charge on any atom is -0.373 e. The van der Waals surface area contributed by atoms with Crippen molar-refractivity contribution < 1.29 is 23.9 Å². The van der Waals surface area contributed by atoms with Crippen molar-refractivity contribution in [3.05, 3.63) is 12.2 Å². The average molecular weight is 519 g/mol. The lowest BCUT2D eigenvalue weighted by atomic mass is 10.0. The fourth-order valence-corrected chi connectivity index (χ4v) is 5.85. The van der Waals surface area contributed by atoms with Gasteiger partial charge < -0.3 is 19.4 Å². The van der Waals surface area contributed by atoms with E-state index < -0.39 is 12.9 Å². The molecule has 0 spiro atoms. The first-order valence-electron chi connectivity index (χ1n) is 14.8. The van der Waals surface area contributed by atoms with Crippen molar-refractivity contribution >= 4 is 7.60 Å². The van der Waals surface area contributed by atoms with Gasteiger partial charge in [0.2, 0.25) is 5.34 Å². The lowest BCUT2D eigenvalue weighted by Crippen LogP contribution is -2.49. The Morgan fingerprint density at radius 3 is 1.31 bits per heavy atom. The molecule has 210 valence electrons. The van der Waals surface area contributed by atoms with Crippen LogP contribution in [-0.2, 0) is 4.57 Å². The van der Waals surface area contributed by atoms with Crippen LogP contribution in [0.3, 0.4) is 0 Å². The summed E-state index contributed by atoms with van der Waals surface area (Å²) in [6, 6.07) is 0. The molecule has 0 radical (unpaired) electrons. The maximum Gasteiger partial charge on any atom is 0.362 e. The summed E-state index contributed by atoms with van der Waals surface area (Å²) in [7, 11) is 0.978. The van der Waals surface area contributed by atoms with Crippen LogP contribution in [0.1, 0.15) is 142 Å². The van der Waals surface area contributed by atoms with Gasteiger partial charge in [0, 0.05) is 0 Å². The van der Waals surface area contributed by atoms with E-state index >= 15 is 0 Å². The molecule has 0 saturated heterocycles. The molecule has 0 amide bonds. The van der Waals surface area contributed by atoms with Crippen LogP contribution < -0.4 is 0 Å². The van der Waals surface area contributed by atoms with Gasteiger partial charge in [-0.2, -0.15) is 0 Å². The summed E-state index contributed by atoms with van der Waals surface area (Å²) < 4.78 is 12.1. The second-order valence-corrected chi connectivity index (χ2v) is 13.7. The zero-order chi connectivity index (χ0) is 26.5. The largest absolute Gasteiger partial charge is 0.373 e. The van der Waals surface area contributed by atoms with Gasteiger partial charge >= 0.3 is 7.60 Å². The maximum absolute atomic E-state index is 11.8. The molecule has 0 aromatic carbocycles. The summed E-state index contributed by atoms with van der Waals surface area (Å²) in [5.41, 5.74) is 0. The van der Waals surface area contributed by atoms with E-state index in [4.69, 9.17) is 0 Å². The van der Waals surface area contributed by atoms with Crippen molar-refractivity contribution in [2.24, 2.45) is 0 Å². The van der Waals surface area contributed by atoms with Crippen LogP contribution in [0.2, 0.25) is 0 Å². The molecule has 0 aliphatic heterocycles. The van der Waals surface area contributed by atoms with Gasteiger partial charge in [-0.1, -0.05) is 115 Å². The predicted molar refractivity (Wildman–Crippen MR) is 152 cm³/mol. The molecule has 3 N–H and O–H groups in total. The zero-order valence-electron chi connectivity index (χ0n) is 23.9. The van der Waals surface area contributed by atoms with E-state index in [2.05, 4.69) is 19.1 Å². The first-order chi connectivity index (χ1) is 16.5. The Morgan fingerprint density at radius 1 is 0.629 bits per heavy atom. The third-order valence-electron chi connectivity index (χ3n) is 6.86. The highest BCUT2D eigenvalue weighted by molar-refractivity contribution is 7.53. The van der Waals surface area contributed by atoms with Gasteiger partial charge in [0.15, 0.2) is 0 Å². The van der Waals surface area contributed by atoms with Crippen molar-refractivity contribution in [2.45, 2.75) is 147 Å². The van der Waals surface area contributed by atoms with Crippen LogP contribution in [0.5, 0.6) is 0 Å². The van der Waals surface area contributed by atoms with E-state index in [1.165, 1.54) is 103 Å². The highest BCUT2D eigenvalue weighted by Crippen LogP contribution is 2.52. The molecule has 0 aromatic rings. The summed E-state index contributed by atoms with van der Waals surface area (Å²) in [6.07, 6.45) is 30.2. The molecule has 1 atom stereocenters. The van der Waals surface area contributed by atoms with E-state index in [1.807, 2.05) is 21.1 Å². The second-order valence-electron chi connectivity index (χ2n) is 11.8. The fourth-order valence-electron chi connectivity index (χ4n) is 4.79. The smallest absolute Gasteiger partial charge is 0.362 e. The van der Waals surface area contributed by atoms with Crippen LogP contribution in [-0.4, -0.2) is 52.4 Å². The molecule has 0 fully saturated rings. The zero-order valence-corrected chi connectivity index (χ0v) is 24.7. The van der Waals surface area contributed by atoms with Gasteiger partial charge in [0.25, 0.3) is 0 Å². The summed E-state index contributed by atoms with van der Waals surface area (Å²) in [5, 5.41) is 8.65. The number of hydrogen-bond acceptors (Lipinski definition) is 2. The SMILES string of the molecule is CCCCCCCCCCCCC/C=C\CCCCCCCCCC(O)(C[N+](C)(C)C)P(=O)(O)O. The molecule has 0 saturated carbocycles. The van der Waals surface area contributed by atoms with E-state index in [-0.39, 0.29) is 13.0 Å². The Labute approximate surface area is 218 Å². The minimum atomic E-state index is -4.55. The van der Waals surface area contributed by atoms with E-state index in [0.29, 0.717) is 10.9 Å². The molecule has 0 aliphatic rings. The predicted octanol–water partition coefficient (Wildman–Crippen LogP) is 8.33. The van der Waals surface area contributed by atoms with Gasteiger partial charge in [-0.15, -0.1) is 0 Å². The average Bonchev–Trinajstić information content (AvgIpc) is 2.75. The molecule has 5 nitrogen and oxygen atoms in total. The summed E-state index contributed by atoms with van der Waals surface area (Å²) >= 11 is 0. The number of allylic oxidation sites excluding steroid dienone is 2. The first kappa shape index (κ1) is 34.8. The fraction of sp³-hybridized carbons (Fsp3) is 0.931. The first-order valence-corrected chi connectivity index (χ1v) is 16.4. The lowest BCUT2D eigenvalue weighted by molar-refractivity contribution is -0.875. The number of hydrogen-bond donors (Lipinski definition) is 3. The molecule has 0 aromatic heterocycles. The molecule has 0 aliphatic carbocycles. The number of aliphatic hydroxyl groups is 1. The van der Waals surface area contributed by atoms with Gasteiger partial charge in [-0.05, 0) is 38.5 Å². The number of unbranched alkanes of at least 4 members (excludes halogenated alkanes) is 18. The number of likely N-dealkylation sites (N-methyl/N-ethyl adjacent to an activating group) is 1. The number of rotatable bonds is 25. The summed E-state index contributed by atoms with van der Waals surface area (Å²) in [5.74, 6) is 0. The van der Waals surface area contributed by atoms with E-state index in [0.717, 1.165) is 19.3 Å². The van der Waals surface area contributed by atoms with Crippen LogP contribution in [0.25, 0.3) is 0 Å². The molecule has 0 heterocycles. The maximum atomic E-state index is 11.8. The van der Waals surface area contributed by atoms with Crippen LogP contribution in [0.15, 0.2) is 12.2 Å². The van der Waals surface area contributed by atoms with Crippen molar-refractivity contribution in [2.75, 3.05) is 27.7 Å². The normalized spacial score (nSPS) is 14.6. The third kappa shape index (κ3) is 21.6. The molecule has 6 heteroatoms. The Morgan fingerprint density at radius 2 is 0.971 bits per heavy atom. The van der Waals surface area contributed by atoms with Gasteiger partial charge in [-0.3, -0.25) is 4.57 Å². The number of nitrogens with zero attached hydrogens (tertiary/aromatic N) is 1. The molecular weight excluding hydrogens is 457 g/mol. The molecule has 35 heavy (non-hydrogen) atoms. The Balaban J connectivity index is 3.52. The Kier molecular flexibility index (Phi) is 20.7. The highest BCUT2D eigenvalue weighted by atomic mass is 31.2. The third-order valence-corrected chi connectivity index (χ3v) is 8.31. The van der Waals surface area contributed by atoms with Crippen molar-refractivity contribution in [1.82, 2.24) is 0 Å². The highest BCUT2D eigenvalue weighted by Gasteiger charge is 2.48. The molecule has 1 unspecified atom stereocenters. The van der Waals surface area contributed by atoms with E-state index in [9.17, 15) is 19.5 Å². The van der Waals surface area contributed by atoms with Crippen LogP contribution in [0, 0.1) is 0 Å². The van der Waals surface area contributed by atoms with Gasteiger partial charge in [-0.25, -0.2) is 0 Å². The summed E-state index contributed by atoms with van der Waals surface area (Å²) in [4.78, 5) is 19.2. The Hall–Kier alpha value is -0.190. The lowest BCUT2D eigenvalue weighted by Gasteiger charge is -2.35. The minimum absolute atomic E-state index is 0.0596. The quantitative estimate of drug-likeness (QED) is 0.0491. The van der Waals surface area contributed by atoms with Gasteiger partial charge in [0.1, 0.15) is 6.54 Å². The topological polar surface area (TPSA) is 77.8 Å². The molecule has 0 rings (SSSR count). The standard InChI is InChI=1S/C29H60NO4P/c1-5-6-7-8-9-10-11-12-13-14-15-16-17-18-19-20-21-22-23-24-25-26-27-29(31,35(32,33)34)28-30(2,3)4/h17-18,31H,5-16,19-28H2,1-4H3,(H-,32,33,34)/p+1/b18-17-. The van der Waals surface area contributed by atoms with Gasteiger partial charge in [0.05, 0.1) is 21.1 Å². The molecular formula is C29H61NO4P+. The van der Waals surface area contributed by atoms with Crippen molar-refractivity contribution in [3.8, 4) is 0 Å². The van der Waals surface area contributed by atoms with Crippen LogP contribution >= 0.6 is 7.60 Å². The summed E-state index contributed by atoms with van der Waals surface area (Å²) in [6.45, 7) is 2.34. The second kappa shape index (κ2) is 20.8. The molecule has 0 bridgehead atoms. The monoisotopic (exact) mass is 518 g/mol. The Bertz CT molecular complexity index is 555.